The first kappa shape index (κ1) is 14.8. The first-order valence-electron chi connectivity index (χ1n) is 8.04. The SMILES string of the molecule is CNC(Cc1ccn(C2CCCCC2)n1)c1ccc(C)s1. The lowest BCUT2D eigenvalue weighted by molar-refractivity contribution is 0.327. The van der Waals surface area contributed by atoms with Crippen molar-refractivity contribution in [2.24, 2.45) is 0 Å². The Morgan fingerprint density at radius 1 is 1.29 bits per heavy atom. The highest BCUT2D eigenvalue weighted by Gasteiger charge is 2.18. The summed E-state index contributed by atoms with van der Waals surface area (Å²) >= 11 is 1.88. The Kier molecular flexibility index (Phi) is 4.76. The number of aryl methyl sites for hydroxylation is 1. The maximum absolute atomic E-state index is 4.84. The molecule has 0 aliphatic heterocycles. The first-order valence-corrected chi connectivity index (χ1v) is 8.85. The van der Waals surface area contributed by atoms with Gasteiger partial charge in [-0.15, -0.1) is 11.3 Å². The van der Waals surface area contributed by atoms with Crippen molar-refractivity contribution in [1.29, 1.82) is 0 Å². The van der Waals surface area contributed by atoms with E-state index in [1.807, 2.05) is 18.4 Å². The van der Waals surface area contributed by atoms with E-state index in [1.54, 1.807) is 0 Å². The molecule has 1 unspecified atom stereocenters. The summed E-state index contributed by atoms with van der Waals surface area (Å²) < 4.78 is 2.21. The minimum atomic E-state index is 0.374. The summed E-state index contributed by atoms with van der Waals surface area (Å²) in [6, 6.07) is 7.63. The van der Waals surface area contributed by atoms with Gasteiger partial charge in [-0.05, 0) is 45.0 Å². The molecule has 2 heterocycles. The zero-order valence-electron chi connectivity index (χ0n) is 13.0. The lowest BCUT2D eigenvalue weighted by atomic mass is 9.96. The fraction of sp³-hybridized carbons (Fsp3) is 0.588. The average Bonchev–Trinajstić information content (AvgIpc) is 3.15. The Morgan fingerprint density at radius 3 is 2.76 bits per heavy atom. The molecule has 1 aliphatic rings. The van der Waals surface area contributed by atoms with Crippen LogP contribution in [0.15, 0.2) is 24.4 Å². The number of thiophene rings is 1. The zero-order chi connectivity index (χ0) is 14.7. The molecular formula is C17H25N3S. The minimum absolute atomic E-state index is 0.374. The molecule has 1 aliphatic carbocycles. The molecule has 2 aromatic heterocycles. The molecule has 3 rings (SSSR count). The number of likely N-dealkylation sites (N-methyl/N-ethyl adjacent to an activating group) is 1. The van der Waals surface area contributed by atoms with Crippen LogP contribution in [0.25, 0.3) is 0 Å². The largest absolute Gasteiger partial charge is 0.312 e. The van der Waals surface area contributed by atoms with Gasteiger partial charge >= 0.3 is 0 Å². The van der Waals surface area contributed by atoms with Gasteiger partial charge in [-0.2, -0.15) is 5.10 Å². The molecule has 0 spiro atoms. The standard InChI is InChI=1S/C17H25N3S/c1-13-8-9-17(21-13)16(18-2)12-14-10-11-20(19-14)15-6-4-3-5-7-15/h8-11,15-16,18H,3-7,12H2,1-2H3. The van der Waals surface area contributed by atoms with Crippen molar-refractivity contribution in [3.63, 3.8) is 0 Å². The predicted molar refractivity (Wildman–Crippen MR) is 88.9 cm³/mol. The summed E-state index contributed by atoms with van der Waals surface area (Å²) in [5.74, 6) is 0. The van der Waals surface area contributed by atoms with E-state index in [1.165, 1.54) is 47.6 Å². The highest BCUT2D eigenvalue weighted by atomic mass is 32.1. The van der Waals surface area contributed by atoms with Crippen molar-refractivity contribution < 1.29 is 0 Å². The van der Waals surface area contributed by atoms with Gasteiger partial charge in [-0.3, -0.25) is 4.68 Å². The van der Waals surface area contributed by atoms with Crippen LogP contribution in [0.3, 0.4) is 0 Å². The topological polar surface area (TPSA) is 29.9 Å². The summed E-state index contributed by atoms with van der Waals surface area (Å²) in [5, 5.41) is 8.27. The van der Waals surface area contributed by atoms with Gasteiger partial charge in [0.1, 0.15) is 0 Å². The quantitative estimate of drug-likeness (QED) is 0.894. The van der Waals surface area contributed by atoms with Gasteiger partial charge in [0.05, 0.1) is 11.7 Å². The third-order valence-corrected chi connectivity index (χ3v) is 5.59. The third kappa shape index (κ3) is 3.55. The molecule has 0 amide bonds. The second kappa shape index (κ2) is 6.75. The number of aromatic nitrogens is 2. The number of hydrogen-bond donors (Lipinski definition) is 1. The highest BCUT2D eigenvalue weighted by molar-refractivity contribution is 7.12. The van der Waals surface area contributed by atoms with Crippen LogP contribution >= 0.6 is 11.3 Å². The molecule has 3 nitrogen and oxygen atoms in total. The van der Waals surface area contributed by atoms with E-state index < -0.39 is 0 Å². The van der Waals surface area contributed by atoms with Crippen LogP contribution in [-0.4, -0.2) is 16.8 Å². The molecule has 1 N–H and O–H groups in total. The van der Waals surface area contributed by atoms with E-state index in [-0.39, 0.29) is 0 Å². The highest BCUT2D eigenvalue weighted by Crippen LogP contribution is 2.29. The van der Waals surface area contributed by atoms with Gasteiger partial charge in [0, 0.05) is 28.4 Å². The fourth-order valence-corrected chi connectivity index (χ4v) is 4.22. The maximum atomic E-state index is 4.84. The molecule has 21 heavy (non-hydrogen) atoms. The van der Waals surface area contributed by atoms with Crippen molar-refractivity contribution in [1.82, 2.24) is 15.1 Å². The number of hydrogen-bond acceptors (Lipinski definition) is 3. The van der Waals surface area contributed by atoms with Crippen molar-refractivity contribution in [2.75, 3.05) is 7.05 Å². The van der Waals surface area contributed by atoms with Crippen molar-refractivity contribution in [2.45, 2.75) is 57.5 Å². The van der Waals surface area contributed by atoms with Gasteiger partial charge in [0.2, 0.25) is 0 Å². The van der Waals surface area contributed by atoms with Crippen LogP contribution in [0.4, 0.5) is 0 Å². The van der Waals surface area contributed by atoms with Crippen LogP contribution in [0.5, 0.6) is 0 Å². The van der Waals surface area contributed by atoms with Crippen molar-refractivity contribution in [3.8, 4) is 0 Å². The Hall–Kier alpha value is -1.13. The molecule has 1 saturated carbocycles. The van der Waals surface area contributed by atoms with E-state index in [0.717, 1.165) is 6.42 Å². The summed E-state index contributed by atoms with van der Waals surface area (Å²) in [6.07, 6.45) is 9.83. The smallest absolute Gasteiger partial charge is 0.0644 e. The van der Waals surface area contributed by atoms with Crippen LogP contribution < -0.4 is 5.32 Å². The van der Waals surface area contributed by atoms with E-state index in [0.29, 0.717) is 12.1 Å². The third-order valence-electron chi connectivity index (χ3n) is 4.48. The molecule has 2 aromatic rings. The molecule has 1 atom stereocenters. The lowest BCUT2D eigenvalue weighted by Crippen LogP contribution is -2.18. The predicted octanol–water partition coefficient (Wildman–Crippen LogP) is 4.26. The molecule has 0 bridgehead atoms. The Labute approximate surface area is 131 Å². The average molecular weight is 303 g/mol. The minimum Gasteiger partial charge on any atom is -0.312 e. The molecular weight excluding hydrogens is 278 g/mol. The van der Waals surface area contributed by atoms with Crippen LogP contribution in [0.1, 0.15) is 59.6 Å². The van der Waals surface area contributed by atoms with E-state index in [4.69, 9.17) is 5.10 Å². The molecule has 0 radical (unpaired) electrons. The van der Waals surface area contributed by atoms with Gasteiger partial charge in [-0.1, -0.05) is 19.3 Å². The molecule has 1 fully saturated rings. The summed E-state index contributed by atoms with van der Waals surface area (Å²) in [4.78, 5) is 2.78. The number of rotatable bonds is 5. The van der Waals surface area contributed by atoms with E-state index in [2.05, 4.69) is 41.3 Å². The van der Waals surface area contributed by atoms with Crippen molar-refractivity contribution in [3.05, 3.63) is 39.8 Å². The van der Waals surface area contributed by atoms with Crippen LogP contribution in [0, 0.1) is 6.92 Å². The monoisotopic (exact) mass is 303 g/mol. The summed E-state index contributed by atoms with van der Waals surface area (Å²) in [5.41, 5.74) is 1.20. The summed E-state index contributed by atoms with van der Waals surface area (Å²) in [7, 11) is 2.04. The van der Waals surface area contributed by atoms with Gasteiger partial charge in [0.15, 0.2) is 0 Å². The Bertz CT molecular complexity index is 566. The van der Waals surface area contributed by atoms with Crippen molar-refractivity contribution >= 4 is 11.3 Å². The lowest BCUT2D eigenvalue weighted by Gasteiger charge is -2.22. The second-order valence-electron chi connectivity index (χ2n) is 6.07. The molecule has 4 heteroatoms. The van der Waals surface area contributed by atoms with Crippen LogP contribution in [-0.2, 0) is 6.42 Å². The van der Waals surface area contributed by atoms with Crippen LogP contribution in [0.2, 0.25) is 0 Å². The zero-order valence-corrected chi connectivity index (χ0v) is 13.8. The maximum Gasteiger partial charge on any atom is 0.0644 e. The fourth-order valence-electron chi connectivity index (χ4n) is 3.23. The first-order chi connectivity index (χ1) is 10.3. The molecule has 0 aromatic carbocycles. The van der Waals surface area contributed by atoms with Gasteiger partial charge in [-0.25, -0.2) is 0 Å². The number of nitrogens with zero attached hydrogens (tertiary/aromatic N) is 2. The second-order valence-corrected chi connectivity index (χ2v) is 7.39. The van der Waals surface area contributed by atoms with Gasteiger partial charge < -0.3 is 5.32 Å². The number of nitrogens with one attached hydrogen (secondary N) is 1. The molecule has 114 valence electrons. The van der Waals surface area contributed by atoms with E-state index in [9.17, 15) is 0 Å². The van der Waals surface area contributed by atoms with E-state index >= 15 is 0 Å². The van der Waals surface area contributed by atoms with Gasteiger partial charge in [0.25, 0.3) is 0 Å². The summed E-state index contributed by atoms with van der Waals surface area (Å²) in [6.45, 7) is 2.17. The molecule has 0 saturated heterocycles. The Morgan fingerprint density at radius 2 is 2.10 bits per heavy atom. The normalized spacial score (nSPS) is 18.0. The Balaban J connectivity index is 1.68.